The second-order valence-corrected chi connectivity index (χ2v) is 4.97. The molecule has 0 saturated carbocycles. The maximum Gasteiger partial charge on any atom is 0.336 e. The molecule has 116 valence electrons. The number of rotatable bonds is 3. The lowest BCUT2D eigenvalue weighted by Crippen LogP contribution is -2.44. The van der Waals surface area contributed by atoms with E-state index in [4.69, 9.17) is 14.2 Å². The number of cyclic esters (lactones) is 1. The largest absolute Gasteiger partial charge is 0.468 e. The summed E-state index contributed by atoms with van der Waals surface area (Å²) in [6.45, 7) is 5.43. The predicted molar refractivity (Wildman–Crippen MR) is 75.6 cm³/mol. The van der Waals surface area contributed by atoms with E-state index in [0.29, 0.717) is 5.56 Å². The normalized spacial score (nSPS) is 19.5. The van der Waals surface area contributed by atoms with E-state index in [2.05, 4.69) is 6.58 Å². The van der Waals surface area contributed by atoms with Crippen LogP contribution in [-0.4, -0.2) is 32.1 Å². The van der Waals surface area contributed by atoms with Crippen LogP contribution in [0.15, 0.2) is 36.4 Å². The highest BCUT2D eigenvalue weighted by Crippen LogP contribution is 2.50. The van der Waals surface area contributed by atoms with Gasteiger partial charge in [-0.15, -0.1) is 0 Å². The third-order valence-corrected chi connectivity index (χ3v) is 3.74. The summed E-state index contributed by atoms with van der Waals surface area (Å²) >= 11 is 0. The van der Waals surface area contributed by atoms with Crippen molar-refractivity contribution in [3.63, 3.8) is 0 Å². The zero-order valence-electron chi connectivity index (χ0n) is 12.5. The molecule has 1 heterocycles. The van der Waals surface area contributed by atoms with E-state index in [-0.39, 0.29) is 5.57 Å². The van der Waals surface area contributed by atoms with Crippen LogP contribution >= 0.6 is 0 Å². The molecule has 1 unspecified atom stereocenters. The van der Waals surface area contributed by atoms with E-state index < -0.39 is 29.4 Å². The topological polar surface area (TPSA) is 78.9 Å². The van der Waals surface area contributed by atoms with Gasteiger partial charge in [-0.2, -0.15) is 0 Å². The van der Waals surface area contributed by atoms with Gasteiger partial charge in [-0.1, -0.05) is 36.4 Å². The Labute approximate surface area is 127 Å². The van der Waals surface area contributed by atoms with E-state index >= 15 is 0 Å². The van der Waals surface area contributed by atoms with Gasteiger partial charge in [0.25, 0.3) is 0 Å². The molecule has 1 saturated heterocycles. The van der Waals surface area contributed by atoms with Gasteiger partial charge < -0.3 is 14.2 Å². The minimum atomic E-state index is -2.03. The standard InChI is InChI=1S/C16H16O6/c1-9-5-7-11(8-6-9)12-16(14(18)20-3,15(19)21-4)10(2)13(17)22-12/h5-8,12H,2H2,1,3-4H3. The first kappa shape index (κ1) is 15.8. The van der Waals surface area contributed by atoms with Crippen molar-refractivity contribution in [2.75, 3.05) is 14.2 Å². The summed E-state index contributed by atoms with van der Waals surface area (Å²) in [5, 5.41) is 0. The fraction of sp³-hybridized carbons (Fsp3) is 0.312. The second kappa shape index (κ2) is 5.63. The van der Waals surface area contributed by atoms with Gasteiger partial charge in [0.15, 0.2) is 6.10 Å². The van der Waals surface area contributed by atoms with Crippen molar-refractivity contribution in [1.82, 2.24) is 0 Å². The average molecular weight is 304 g/mol. The Morgan fingerprint density at radius 3 is 2.09 bits per heavy atom. The number of carbonyl (C=O) groups excluding carboxylic acids is 3. The van der Waals surface area contributed by atoms with E-state index in [1.165, 1.54) is 0 Å². The molecule has 6 nitrogen and oxygen atoms in total. The van der Waals surface area contributed by atoms with Gasteiger partial charge in [0.05, 0.1) is 19.8 Å². The molecule has 22 heavy (non-hydrogen) atoms. The summed E-state index contributed by atoms with van der Waals surface area (Å²) in [4.78, 5) is 36.6. The first-order chi connectivity index (χ1) is 10.4. The molecule has 1 aliphatic heterocycles. The van der Waals surface area contributed by atoms with Crippen molar-refractivity contribution in [1.29, 1.82) is 0 Å². The number of hydrogen-bond acceptors (Lipinski definition) is 6. The number of methoxy groups -OCH3 is 2. The van der Waals surface area contributed by atoms with Crippen LogP contribution < -0.4 is 0 Å². The van der Waals surface area contributed by atoms with Crippen LogP contribution in [-0.2, 0) is 28.6 Å². The minimum absolute atomic E-state index is 0.295. The summed E-state index contributed by atoms with van der Waals surface area (Å²) < 4.78 is 14.7. The van der Waals surface area contributed by atoms with Crippen LogP contribution in [0, 0.1) is 12.3 Å². The zero-order valence-corrected chi connectivity index (χ0v) is 12.5. The van der Waals surface area contributed by atoms with E-state index in [0.717, 1.165) is 19.8 Å². The number of esters is 3. The molecule has 0 spiro atoms. The van der Waals surface area contributed by atoms with Crippen molar-refractivity contribution in [2.24, 2.45) is 5.41 Å². The van der Waals surface area contributed by atoms with Gasteiger partial charge in [-0.25, -0.2) is 4.79 Å². The fourth-order valence-electron chi connectivity index (χ4n) is 2.51. The van der Waals surface area contributed by atoms with Gasteiger partial charge in [-0.3, -0.25) is 9.59 Å². The van der Waals surface area contributed by atoms with Crippen molar-refractivity contribution >= 4 is 17.9 Å². The molecule has 1 aromatic carbocycles. The Kier molecular flexibility index (Phi) is 4.03. The molecule has 2 rings (SSSR count). The highest BCUT2D eigenvalue weighted by molar-refractivity contribution is 6.14. The monoisotopic (exact) mass is 304 g/mol. The van der Waals surface area contributed by atoms with Gasteiger partial charge in [0.1, 0.15) is 0 Å². The first-order valence-electron chi connectivity index (χ1n) is 6.53. The van der Waals surface area contributed by atoms with Gasteiger partial charge in [-0.05, 0) is 12.5 Å². The number of hydrogen-bond donors (Lipinski definition) is 0. The molecule has 1 aromatic rings. The lowest BCUT2D eigenvalue weighted by molar-refractivity contribution is -0.171. The molecule has 0 aliphatic carbocycles. The van der Waals surface area contributed by atoms with Crippen LogP contribution in [0.2, 0.25) is 0 Å². The highest BCUT2D eigenvalue weighted by atomic mass is 16.6. The third kappa shape index (κ3) is 2.07. The van der Waals surface area contributed by atoms with Gasteiger partial charge in [0.2, 0.25) is 5.41 Å². The molecule has 1 aliphatic rings. The SMILES string of the molecule is C=C1C(=O)OC(c2ccc(C)cc2)C1(C(=O)OC)C(=O)OC. The van der Waals surface area contributed by atoms with Crippen LogP contribution in [0.1, 0.15) is 17.2 Å². The summed E-state index contributed by atoms with van der Waals surface area (Å²) in [6.07, 6.45) is -1.17. The molecule has 0 radical (unpaired) electrons. The number of ether oxygens (including phenoxy) is 3. The Morgan fingerprint density at radius 1 is 1.14 bits per heavy atom. The van der Waals surface area contributed by atoms with Crippen LogP contribution in [0.5, 0.6) is 0 Å². The molecule has 1 atom stereocenters. The Balaban J connectivity index is 2.66. The number of aryl methyl sites for hydroxylation is 1. The van der Waals surface area contributed by atoms with E-state index in [9.17, 15) is 14.4 Å². The van der Waals surface area contributed by atoms with Gasteiger partial charge >= 0.3 is 17.9 Å². The number of carbonyl (C=O) groups is 3. The summed E-state index contributed by atoms with van der Waals surface area (Å²) in [7, 11) is 2.24. The quantitative estimate of drug-likeness (QED) is 0.364. The van der Waals surface area contributed by atoms with E-state index in [1.807, 2.05) is 6.92 Å². The molecular weight excluding hydrogens is 288 g/mol. The van der Waals surface area contributed by atoms with Crippen molar-refractivity contribution < 1.29 is 28.6 Å². The lowest BCUT2D eigenvalue weighted by atomic mass is 9.75. The molecule has 1 fully saturated rings. The van der Waals surface area contributed by atoms with Crippen molar-refractivity contribution in [2.45, 2.75) is 13.0 Å². The van der Waals surface area contributed by atoms with Crippen LogP contribution in [0.25, 0.3) is 0 Å². The Morgan fingerprint density at radius 2 is 1.64 bits per heavy atom. The third-order valence-electron chi connectivity index (χ3n) is 3.74. The van der Waals surface area contributed by atoms with Crippen molar-refractivity contribution in [3.05, 3.63) is 47.5 Å². The lowest BCUT2D eigenvalue weighted by Gasteiger charge is -2.27. The van der Waals surface area contributed by atoms with E-state index in [1.54, 1.807) is 24.3 Å². The molecule has 0 aromatic heterocycles. The summed E-state index contributed by atoms with van der Waals surface area (Å²) in [6, 6.07) is 6.91. The average Bonchev–Trinajstić information content (AvgIpc) is 2.79. The predicted octanol–water partition coefficient (Wildman–Crippen LogP) is 1.48. The Bertz CT molecular complexity index is 627. The first-order valence-corrected chi connectivity index (χ1v) is 6.53. The zero-order chi connectivity index (χ0) is 16.5. The summed E-state index contributed by atoms with van der Waals surface area (Å²) in [5.74, 6) is -2.72. The molecular formula is C16H16O6. The minimum Gasteiger partial charge on any atom is -0.468 e. The maximum absolute atomic E-state index is 12.3. The highest BCUT2D eigenvalue weighted by Gasteiger charge is 2.66. The second-order valence-electron chi connectivity index (χ2n) is 4.97. The molecule has 0 bridgehead atoms. The summed E-state index contributed by atoms with van der Waals surface area (Å²) in [5.41, 5.74) is -0.866. The molecule has 0 N–H and O–H groups in total. The maximum atomic E-state index is 12.3. The van der Waals surface area contributed by atoms with Crippen LogP contribution in [0.4, 0.5) is 0 Å². The Hall–Kier alpha value is -2.63. The smallest absolute Gasteiger partial charge is 0.336 e. The molecule has 0 amide bonds. The van der Waals surface area contributed by atoms with Gasteiger partial charge in [0, 0.05) is 0 Å². The molecule has 6 heteroatoms. The van der Waals surface area contributed by atoms with Crippen LogP contribution in [0.3, 0.4) is 0 Å². The fourth-order valence-corrected chi connectivity index (χ4v) is 2.51. The number of benzene rings is 1. The van der Waals surface area contributed by atoms with Crippen molar-refractivity contribution in [3.8, 4) is 0 Å².